The molecule has 0 bridgehead atoms. The quantitative estimate of drug-likeness (QED) is 0.384. The largest absolute Gasteiger partial charge is 0.464 e. The molecule has 1 fully saturated rings. The maximum absolute atomic E-state index is 12.4. The molecule has 1 aliphatic heterocycles. The number of rotatable bonds is 9. The number of benzene rings is 1. The maximum Gasteiger partial charge on any atom is 0.341 e. The molecule has 0 amide bonds. The van der Waals surface area contributed by atoms with Gasteiger partial charge in [0.15, 0.2) is 5.60 Å². The van der Waals surface area contributed by atoms with Crippen LogP contribution in [0.15, 0.2) is 30.3 Å². The number of ether oxygens (including phenoxy) is 2. The second-order valence-electron chi connectivity index (χ2n) is 6.16. The zero-order valence-corrected chi connectivity index (χ0v) is 14.0. The Morgan fingerprint density at radius 1 is 1.23 bits per heavy atom. The Bertz CT molecular complexity index is 471. The van der Waals surface area contributed by atoms with Crippen LogP contribution in [0.1, 0.15) is 64.4 Å². The lowest BCUT2D eigenvalue weighted by Gasteiger charge is -2.15. The van der Waals surface area contributed by atoms with Crippen LogP contribution >= 0.6 is 0 Å². The number of unbranched alkanes of at least 4 members (excludes halogenated alkanes) is 3. The van der Waals surface area contributed by atoms with Gasteiger partial charge in [0.2, 0.25) is 0 Å². The van der Waals surface area contributed by atoms with E-state index in [1.807, 2.05) is 25.1 Å². The first-order valence-electron chi connectivity index (χ1n) is 8.55. The third-order valence-electron chi connectivity index (χ3n) is 4.54. The van der Waals surface area contributed by atoms with Crippen LogP contribution in [0, 0.1) is 0 Å². The Morgan fingerprint density at radius 3 is 2.59 bits per heavy atom. The SMILES string of the molecule is CCCCCCC1(C(=O)OCC)OC1C(C)c1ccccc1. The summed E-state index contributed by atoms with van der Waals surface area (Å²) in [6.45, 7) is 6.58. The number of hydrogen-bond donors (Lipinski definition) is 0. The van der Waals surface area contributed by atoms with Crippen molar-refractivity contribution in [1.82, 2.24) is 0 Å². The third-order valence-corrected chi connectivity index (χ3v) is 4.54. The van der Waals surface area contributed by atoms with Crippen LogP contribution in [0.2, 0.25) is 0 Å². The monoisotopic (exact) mass is 304 g/mol. The van der Waals surface area contributed by atoms with Crippen molar-refractivity contribution in [3.8, 4) is 0 Å². The molecule has 0 N–H and O–H groups in total. The van der Waals surface area contributed by atoms with Gasteiger partial charge in [0.25, 0.3) is 0 Å². The molecule has 0 aliphatic carbocycles. The van der Waals surface area contributed by atoms with E-state index in [1.54, 1.807) is 0 Å². The summed E-state index contributed by atoms with van der Waals surface area (Å²) in [5, 5.41) is 0. The summed E-state index contributed by atoms with van der Waals surface area (Å²) in [5.74, 6) is 0.0241. The van der Waals surface area contributed by atoms with Crippen LogP contribution < -0.4 is 0 Å². The van der Waals surface area contributed by atoms with Crippen molar-refractivity contribution in [3.05, 3.63) is 35.9 Å². The zero-order chi connectivity index (χ0) is 16.0. The van der Waals surface area contributed by atoms with Crippen molar-refractivity contribution in [1.29, 1.82) is 0 Å². The predicted octanol–water partition coefficient (Wildman–Crippen LogP) is 4.46. The number of epoxide rings is 1. The van der Waals surface area contributed by atoms with Gasteiger partial charge in [-0.15, -0.1) is 0 Å². The minimum absolute atomic E-state index is 0.0597. The summed E-state index contributed by atoms with van der Waals surface area (Å²) in [7, 11) is 0. The number of carbonyl (C=O) groups is 1. The van der Waals surface area contributed by atoms with E-state index >= 15 is 0 Å². The Hall–Kier alpha value is -1.35. The van der Waals surface area contributed by atoms with Crippen molar-refractivity contribution < 1.29 is 14.3 Å². The molecule has 1 aliphatic rings. The van der Waals surface area contributed by atoms with Crippen LogP contribution in [0.4, 0.5) is 0 Å². The molecule has 0 radical (unpaired) electrons. The van der Waals surface area contributed by atoms with E-state index in [4.69, 9.17) is 9.47 Å². The summed E-state index contributed by atoms with van der Waals surface area (Å²) >= 11 is 0. The topological polar surface area (TPSA) is 38.8 Å². The van der Waals surface area contributed by atoms with Gasteiger partial charge in [-0.05, 0) is 25.3 Å². The summed E-state index contributed by atoms with van der Waals surface area (Å²) in [6.07, 6.45) is 5.27. The molecular formula is C19H28O3. The van der Waals surface area contributed by atoms with Crippen molar-refractivity contribution in [2.75, 3.05) is 6.61 Å². The molecule has 1 aromatic carbocycles. The number of esters is 1. The van der Waals surface area contributed by atoms with Crippen molar-refractivity contribution in [2.45, 2.75) is 70.5 Å². The highest BCUT2D eigenvalue weighted by molar-refractivity contribution is 5.83. The van der Waals surface area contributed by atoms with Crippen molar-refractivity contribution in [3.63, 3.8) is 0 Å². The van der Waals surface area contributed by atoms with Gasteiger partial charge >= 0.3 is 5.97 Å². The molecule has 3 nitrogen and oxygen atoms in total. The van der Waals surface area contributed by atoms with E-state index in [2.05, 4.69) is 26.0 Å². The molecule has 122 valence electrons. The third kappa shape index (κ3) is 3.70. The molecule has 3 atom stereocenters. The molecule has 0 spiro atoms. The number of hydrogen-bond acceptors (Lipinski definition) is 3. The normalized spacial score (nSPS) is 24.8. The van der Waals surface area contributed by atoms with E-state index in [1.165, 1.54) is 18.4 Å². The average Bonchev–Trinajstić information content (AvgIpc) is 3.28. The minimum atomic E-state index is -0.709. The van der Waals surface area contributed by atoms with Gasteiger partial charge in [0.1, 0.15) is 6.10 Å². The van der Waals surface area contributed by atoms with Crippen molar-refractivity contribution >= 4 is 5.97 Å². The highest BCUT2D eigenvalue weighted by Crippen LogP contribution is 2.49. The molecule has 22 heavy (non-hydrogen) atoms. The van der Waals surface area contributed by atoms with Crippen LogP contribution in [0.5, 0.6) is 0 Å². The fraction of sp³-hybridized carbons (Fsp3) is 0.632. The van der Waals surface area contributed by atoms with Crippen LogP contribution in [-0.4, -0.2) is 24.3 Å². The second kappa shape index (κ2) is 7.77. The molecule has 0 saturated carbocycles. The van der Waals surface area contributed by atoms with E-state index in [9.17, 15) is 4.79 Å². The zero-order valence-electron chi connectivity index (χ0n) is 14.0. The Labute approximate surface area is 134 Å². The van der Waals surface area contributed by atoms with Crippen LogP contribution in [0.3, 0.4) is 0 Å². The first-order valence-corrected chi connectivity index (χ1v) is 8.55. The van der Waals surface area contributed by atoms with Gasteiger partial charge in [-0.2, -0.15) is 0 Å². The molecule has 1 saturated heterocycles. The lowest BCUT2D eigenvalue weighted by atomic mass is 9.87. The van der Waals surface area contributed by atoms with E-state index in [-0.39, 0.29) is 18.0 Å². The minimum Gasteiger partial charge on any atom is -0.464 e. The van der Waals surface area contributed by atoms with Gasteiger partial charge < -0.3 is 9.47 Å². The van der Waals surface area contributed by atoms with Crippen molar-refractivity contribution in [2.24, 2.45) is 0 Å². The van der Waals surface area contributed by atoms with Crippen LogP contribution in [-0.2, 0) is 14.3 Å². The fourth-order valence-electron chi connectivity index (χ4n) is 3.17. The van der Waals surface area contributed by atoms with Gasteiger partial charge in [0, 0.05) is 5.92 Å². The van der Waals surface area contributed by atoms with E-state index in [0.29, 0.717) is 6.61 Å². The maximum atomic E-state index is 12.4. The standard InChI is InChI=1S/C19H28O3/c1-4-6-7-11-14-19(18(20)21-5-2)17(22-19)15(3)16-12-9-8-10-13-16/h8-10,12-13,15,17H,4-7,11,14H2,1-3H3. The summed E-state index contributed by atoms with van der Waals surface area (Å²) < 4.78 is 11.2. The first-order chi connectivity index (χ1) is 10.7. The number of carbonyl (C=O) groups excluding carboxylic acids is 1. The predicted molar refractivity (Wildman–Crippen MR) is 87.9 cm³/mol. The smallest absolute Gasteiger partial charge is 0.341 e. The van der Waals surface area contributed by atoms with Crippen LogP contribution in [0.25, 0.3) is 0 Å². The molecule has 3 unspecified atom stereocenters. The molecule has 3 heteroatoms. The van der Waals surface area contributed by atoms with E-state index < -0.39 is 5.60 Å². The first kappa shape index (κ1) is 17.0. The van der Waals surface area contributed by atoms with Gasteiger partial charge in [0.05, 0.1) is 6.61 Å². The Kier molecular flexibility index (Phi) is 6.01. The lowest BCUT2D eigenvalue weighted by molar-refractivity contribution is -0.149. The summed E-state index contributed by atoms with van der Waals surface area (Å²) in [4.78, 5) is 12.4. The second-order valence-corrected chi connectivity index (χ2v) is 6.16. The molecule has 1 heterocycles. The lowest BCUT2D eigenvalue weighted by Crippen LogP contribution is -2.31. The molecule has 0 aromatic heterocycles. The van der Waals surface area contributed by atoms with Gasteiger partial charge in [-0.3, -0.25) is 0 Å². The molecular weight excluding hydrogens is 276 g/mol. The molecule has 2 rings (SSSR count). The summed E-state index contributed by atoms with van der Waals surface area (Å²) in [6, 6.07) is 10.3. The van der Waals surface area contributed by atoms with Gasteiger partial charge in [-0.25, -0.2) is 4.79 Å². The highest BCUT2D eigenvalue weighted by atomic mass is 16.7. The molecule has 1 aromatic rings. The summed E-state index contributed by atoms with van der Waals surface area (Å²) in [5.41, 5.74) is 0.506. The van der Waals surface area contributed by atoms with E-state index in [0.717, 1.165) is 19.3 Å². The Morgan fingerprint density at radius 2 is 1.95 bits per heavy atom. The Balaban J connectivity index is 2.03. The highest BCUT2D eigenvalue weighted by Gasteiger charge is 2.64. The fourth-order valence-corrected chi connectivity index (χ4v) is 3.17. The average molecular weight is 304 g/mol. The van der Waals surface area contributed by atoms with Gasteiger partial charge in [-0.1, -0.05) is 63.4 Å².